The van der Waals surface area contributed by atoms with Crippen molar-refractivity contribution in [1.82, 2.24) is 4.90 Å². The molecular formula is C15H18INO4S. The molecule has 0 bridgehead atoms. The molecule has 0 unspecified atom stereocenters. The van der Waals surface area contributed by atoms with E-state index in [1.54, 1.807) is 7.11 Å². The average Bonchev–Trinajstić information content (AvgIpc) is 2.73. The van der Waals surface area contributed by atoms with Crippen LogP contribution in [0.5, 0.6) is 11.5 Å². The molecule has 0 aliphatic carbocycles. The van der Waals surface area contributed by atoms with E-state index < -0.39 is 0 Å². The van der Waals surface area contributed by atoms with Gasteiger partial charge in [0, 0.05) is 6.54 Å². The van der Waals surface area contributed by atoms with Gasteiger partial charge < -0.3 is 9.47 Å². The standard InChI is InChI=1S/C15H18INO4S/c1-4-17-14(18)12(22-15(17)19)8-9-6-10(16)13(20-3)11(7-9)21-5-2/h6-7,12H,4-5,8H2,1-3H3/t12-/m1/s1. The van der Waals surface area contributed by atoms with Crippen molar-refractivity contribution in [2.24, 2.45) is 0 Å². The quantitative estimate of drug-likeness (QED) is 0.642. The molecule has 2 rings (SSSR count). The SMILES string of the molecule is CCOc1cc(C[C@H]2SC(=O)N(CC)C2=O)cc(I)c1OC. The third-order valence-corrected chi connectivity index (χ3v) is 5.19. The number of carbonyl (C=O) groups is 2. The van der Waals surface area contributed by atoms with E-state index in [1.807, 2.05) is 26.0 Å². The Morgan fingerprint density at radius 3 is 2.59 bits per heavy atom. The van der Waals surface area contributed by atoms with E-state index >= 15 is 0 Å². The topological polar surface area (TPSA) is 55.8 Å². The Labute approximate surface area is 147 Å². The summed E-state index contributed by atoms with van der Waals surface area (Å²) in [5.41, 5.74) is 0.963. The van der Waals surface area contributed by atoms with E-state index in [-0.39, 0.29) is 16.4 Å². The van der Waals surface area contributed by atoms with E-state index in [2.05, 4.69) is 22.6 Å². The maximum Gasteiger partial charge on any atom is 0.289 e. The third-order valence-electron chi connectivity index (χ3n) is 3.32. The second-order valence-electron chi connectivity index (χ2n) is 4.70. The smallest absolute Gasteiger partial charge is 0.289 e. The molecule has 1 saturated heterocycles. The lowest BCUT2D eigenvalue weighted by Gasteiger charge is -2.15. The molecule has 1 fully saturated rings. The Morgan fingerprint density at radius 1 is 1.32 bits per heavy atom. The highest BCUT2D eigenvalue weighted by molar-refractivity contribution is 14.1. The summed E-state index contributed by atoms with van der Waals surface area (Å²) in [5, 5.41) is -0.517. The first-order chi connectivity index (χ1) is 10.5. The predicted octanol–water partition coefficient (Wildman–Crippen LogP) is 3.32. The van der Waals surface area contributed by atoms with Gasteiger partial charge in [-0.2, -0.15) is 0 Å². The molecule has 1 aliphatic heterocycles. The summed E-state index contributed by atoms with van der Waals surface area (Å²) in [5.74, 6) is 1.25. The molecule has 5 nitrogen and oxygen atoms in total. The van der Waals surface area contributed by atoms with Crippen LogP contribution in [0, 0.1) is 3.57 Å². The molecule has 22 heavy (non-hydrogen) atoms. The highest BCUT2D eigenvalue weighted by Crippen LogP contribution is 2.36. The number of rotatable bonds is 6. The molecule has 0 N–H and O–H groups in total. The number of hydrogen-bond acceptors (Lipinski definition) is 5. The molecule has 0 aromatic heterocycles. The van der Waals surface area contributed by atoms with Crippen LogP contribution in [-0.4, -0.2) is 41.6 Å². The first-order valence-electron chi connectivity index (χ1n) is 7.03. The van der Waals surface area contributed by atoms with E-state index in [0.29, 0.717) is 31.1 Å². The van der Waals surface area contributed by atoms with Crippen LogP contribution in [0.15, 0.2) is 12.1 Å². The molecule has 2 amide bonds. The zero-order chi connectivity index (χ0) is 16.3. The minimum atomic E-state index is -0.355. The lowest BCUT2D eigenvalue weighted by atomic mass is 10.1. The van der Waals surface area contributed by atoms with Crippen LogP contribution in [0.2, 0.25) is 0 Å². The zero-order valence-corrected chi connectivity index (χ0v) is 15.7. The van der Waals surface area contributed by atoms with Crippen molar-refractivity contribution < 1.29 is 19.1 Å². The fraction of sp³-hybridized carbons (Fsp3) is 0.467. The molecular weight excluding hydrogens is 417 g/mol. The Morgan fingerprint density at radius 2 is 2.05 bits per heavy atom. The number of imide groups is 1. The fourth-order valence-electron chi connectivity index (χ4n) is 2.33. The lowest BCUT2D eigenvalue weighted by Crippen LogP contribution is -2.31. The van der Waals surface area contributed by atoms with Crippen molar-refractivity contribution in [2.45, 2.75) is 25.5 Å². The van der Waals surface area contributed by atoms with Gasteiger partial charge >= 0.3 is 0 Å². The maximum absolute atomic E-state index is 12.2. The Balaban J connectivity index is 2.23. The predicted molar refractivity (Wildman–Crippen MR) is 94.7 cm³/mol. The number of methoxy groups -OCH3 is 1. The Kier molecular flexibility index (Phi) is 5.96. The van der Waals surface area contributed by atoms with Crippen LogP contribution in [0.1, 0.15) is 19.4 Å². The van der Waals surface area contributed by atoms with Gasteiger partial charge in [0.25, 0.3) is 5.24 Å². The average molecular weight is 435 g/mol. The summed E-state index contributed by atoms with van der Waals surface area (Å²) in [6.45, 7) is 4.68. The van der Waals surface area contributed by atoms with Gasteiger partial charge in [-0.15, -0.1) is 0 Å². The Bertz CT molecular complexity index is 593. The summed E-state index contributed by atoms with van der Waals surface area (Å²) < 4.78 is 11.9. The van der Waals surface area contributed by atoms with E-state index in [9.17, 15) is 9.59 Å². The molecule has 1 aliphatic rings. The molecule has 7 heteroatoms. The summed E-state index contributed by atoms with van der Waals surface area (Å²) in [4.78, 5) is 25.3. The summed E-state index contributed by atoms with van der Waals surface area (Å²) >= 11 is 3.28. The molecule has 0 spiro atoms. The first kappa shape index (κ1) is 17.4. The largest absolute Gasteiger partial charge is 0.492 e. The van der Waals surface area contributed by atoms with Gasteiger partial charge in [-0.05, 0) is 60.6 Å². The number of thioether (sulfide) groups is 1. The second kappa shape index (κ2) is 7.54. The van der Waals surface area contributed by atoms with E-state index in [4.69, 9.17) is 9.47 Å². The lowest BCUT2D eigenvalue weighted by molar-refractivity contribution is -0.126. The van der Waals surface area contributed by atoms with Gasteiger partial charge in [0.05, 0.1) is 22.5 Å². The van der Waals surface area contributed by atoms with Crippen molar-refractivity contribution in [3.63, 3.8) is 0 Å². The normalized spacial score (nSPS) is 18.0. The van der Waals surface area contributed by atoms with Crippen LogP contribution >= 0.6 is 34.4 Å². The number of nitrogens with zero attached hydrogens (tertiary/aromatic N) is 1. The highest BCUT2D eigenvalue weighted by Gasteiger charge is 2.38. The van der Waals surface area contributed by atoms with Gasteiger partial charge in [-0.25, -0.2) is 0 Å². The number of benzene rings is 1. The van der Waals surface area contributed by atoms with Gasteiger partial charge in [0.2, 0.25) is 5.91 Å². The van der Waals surface area contributed by atoms with Gasteiger partial charge in [0.15, 0.2) is 11.5 Å². The third kappa shape index (κ3) is 3.51. The van der Waals surface area contributed by atoms with E-state index in [0.717, 1.165) is 20.9 Å². The van der Waals surface area contributed by atoms with Crippen LogP contribution < -0.4 is 9.47 Å². The minimum Gasteiger partial charge on any atom is -0.492 e. The molecule has 120 valence electrons. The van der Waals surface area contributed by atoms with E-state index in [1.165, 1.54) is 4.90 Å². The number of amides is 2. The van der Waals surface area contributed by atoms with Crippen LogP contribution in [0.25, 0.3) is 0 Å². The van der Waals surface area contributed by atoms with Crippen molar-refractivity contribution in [1.29, 1.82) is 0 Å². The molecule has 0 radical (unpaired) electrons. The molecule has 1 aromatic rings. The van der Waals surface area contributed by atoms with Crippen LogP contribution in [-0.2, 0) is 11.2 Å². The summed E-state index contributed by atoms with van der Waals surface area (Å²) in [7, 11) is 1.60. The number of carbonyl (C=O) groups excluding carboxylic acids is 2. The van der Waals surface area contributed by atoms with Gasteiger partial charge in [-0.1, -0.05) is 11.8 Å². The zero-order valence-electron chi connectivity index (χ0n) is 12.7. The van der Waals surface area contributed by atoms with Gasteiger partial charge in [0.1, 0.15) is 0 Å². The molecule has 0 saturated carbocycles. The Hall–Kier alpha value is -0.960. The number of ether oxygens (including phenoxy) is 2. The first-order valence-corrected chi connectivity index (χ1v) is 8.98. The second-order valence-corrected chi connectivity index (χ2v) is 7.02. The van der Waals surface area contributed by atoms with Crippen molar-refractivity contribution in [3.8, 4) is 11.5 Å². The van der Waals surface area contributed by atoms with Crippen LogP contribution in [0.4, 0.5) is 4.79 Å². The number of hydrogen-bond donors (Lipinski definition) is 0. The molecule has 1 aromatic carbocycles. The molecule has 1 heterocycles. The van der Waals surface area contributed by atoms with Crippen molar-refractivity contribution in [3.05, 3.63) is 21.3 Å². The monoisotopic (exact) mass is 435 g/mol. The molecule has 1 atom stereocenters. The van der Waals surface area contributed by atoms with Crippen molar-refractivity contribution in [2.75, 3.05) is 20.3 Å². The summed E-state index contributed by atoms with van der Waals surface area (Å²) in [6.07, 6.45) is 0.506. The number of halogens is 1. The maximum atomic E-state index is 12.2. The van der Waals surface area contributed by atoms with Crippen LogP contribution in [0.3, 0.4) is 0 Å². The highest BCUT2D eigenvalue weighted by atomic mass is 127. The van der Waals surface area contributed by atoms with Gasteiger partial charge in [-0.3, -0.25) is 14.5 Å². The summed E-state index contributed by atoms with van der Waals surface area (Å²) in [6, 6.07) is 3.85. The van der Waals surface area contributed by atoms with Crippen molar-refractivity contribution >= 4 is 45.5 Å². The minimum absolute atomic E-state index is 0.110. The fourth-order valence-corrected chi connectivity index (χ4v) is 4.31.